The van der Waals surface area contributed by atoms with Crippen LogP contribution in [0.4, 0.5) is 5.82 Å². The first-order valence-electron chi connectivity index (χ1n) is 8.44. The van der Waals surface area contributed by atoms with Crippen molar-refractivity contribution >= 4 is 23.0 Å². The number of hydrogen-bond acceptors (Lipinski definition) is 5. The zero-order valence-corrected chi connectivity index (χ0v) is 14.3. The summed E-state index contributed by atoms with van der Waals surface area (Å²) in [4.78, 5) is 24.6. The number of carboxylic acids is 1. The molecule has 0 aliphatic rings. The van der Waals surface area contributed by atoms with E-state index in [9.17, 15) is 4.79 Å². The average Bonchev–Trinajstić information content (AvgIpc) is 2.72. The molecule has 0 radical (unpaired) electrons. The predicted octanol–water partition coefficient (Wildman–Crippen LogP) is 4.00. The Hall–Kier alpha value is -3.80. The van der Waals surface area contributed by atoms with Crippen LogP contribution in [0.25, 0.3) is 22.4 Å². The molecule has 0 unspecified atom stereocenters. The van der Waals surface area contributed by atoms with Crippen molar-refractivity contribution < 1.29 is 9.90 Å². The maximum Gasteiger partial charge on any atom is 0.335 e. The Morgan fingerprint density at radius 1 is 0.963 bits per heavy atom. The molecule has 0 fully saturated rings. The topological polar surface area (TPSA) is 88.0 Å². The third kappa shape index (κ3) is 3.74. The highest BCUT2D eigenvalue weighted by atomic mass is 16.4. The van der Waals surface area contributed by atoms with E-state index in [2.05, 4.69) is 20.3 Å². The second kappa shape index (κ2) is 7.21. The van der Waals surface area contributed by atoms with Crippen LogP contribution in [0.5, 0.6) is 0 Å². The molecule has 0 atom stereocenters. The van der Waals surface area contributed by atoms with E-state index in [1.807, 2.05) is 48.5 Å². The van der Waals surface area contributed by atoms with E-state index in [4.69, 9.17) is 5.11 Å². The minimum Gasteiger partial charge on any atom is -0.478 e. The van der Waals surface area contributed by atoms with Gasteiger partial charge in [-0.2, -0.15) is 0 Å². The molecule has 0 saturated heterocycles. The third-order valence-electron chi connectivity index (χ3n) is 4.12. The number of carbonyl (C=O) groups is 1. The lowest BCUT2D eigenvalue weighted by molar-refractivity contribution is 0.0696. The summed E-state index contributed by atoms with van der Waals surface area (Å²) in [5.74, 6) is -0.285. The summed E-state index contributed by atoms with van der Waals surface area (Å²) in [5, 5.41) is 12.3. The number of carboxylic acid groups (broad SMARTS) is 1. The summed E-state index contributed by atoms with van der Waals surface area (Å²) in [6.07, 6.45) is 1.74. The van der Waals surface area contributed by atoms with Gasteiger partial charge in [0, 0.05) is 12.1 Å². The second-order valence-electron chi connectivity index (χ2n) is 6.02. The summed E-state index contributed by atoms with van der Waals surface area (Å²) >= 11 is 0. The highest BCUT2D eigenvalue weighted by Crippen LogP contribution is 2.19. The van der Waals surface area contributed by atoms with Gasteiger partial charge in [0.1, 0.15) is 11.3 Å². The number of rotatable bonds is 5. The minimum atomic E-state index is -0.940. The van der Waals surface area contributed by atoms with Crippen LogP contribution in [0, 0.1) is 0 Å². The number of aromatic carboxylic acids is 1. The molecule has 0 amide bonds. The van der Waals surface area contributed by atoms with E-state index >= 15 is 0 Å². The lowest BCUT2D eigenvalue weighted by Gasteiger charge is -2.08. The normalized spacial score (nSPS) is 10.7. The molecular weight excluding hydrogens is 340 g/mol. The van der Waals surface area contributed by atoms with E-state index in [1.54, 1.807) is 24.4 Å². The summed E-state index contributed by atoms with van der Waals surface area (Å²) in [7, 11) is 0. The molecule has 2 heterocycles. The minimum absolute atomic E-state index is 0.263. The van der Waals surface area contributed by atoms with Crippen LogP contribution >= 0.6 is 0 Å². The summed E-state index contributed by atoms with van der Waals surface area (Å²) in [6.45, 7) is 0.464. The van der Waals surface area contributed by atoms with E-state index < -0.39 is 5.97 Å². The fourth-order valence-corrected chi connectivity index (χ4v) is 2.75. The van der Waals surface area contributed by atoms with Gasteiger partial charge in [0.2, 0.25) is 0 Å². The van der Waals surface area contributed by atoms with Crippen molar-refractivity contribution in [1.29, 1.82) is 0 Å². The van der Waals surface area contributed by atoms with Gasteiger partial charge in [-0.05, 0) is 29.8 Å². The highest BCUT2D eigenvalue weighted by molar-refractivity contribution is 5.87. The highest BCUT2D eigenvalue weighted by Gasteiger charge is 2.06. The molecule has 132 valence electrons. The molecule has 0 aliphatic carbocycles. The smallest absolute Gasteiger partial charge is 0.335 e. The van der Waals surface area contributed by atoms with Crippen molar-refractivity contribution in [2.24, 2.45) is 0 Å². The van der Waals surface area contributed by atoms with Crippen LogP contribution < -0.4 is 5.32 Å². The largest absolute Gasteiger partial charge is 0.478 e. The van der Waals surface area contributed by atoms with E-state index in [0.29, 0.717) is 23.5 Å². The molecular formula is C21H16N4O2. The summed E-state index contributed by atoms with van der Waals surface area (Å²) in [6, 6.07) is 20.3. The van der Waals surface area contributed by atoms with Crippen LogP contribution in [0.3, 0.4) is 0 Å². The third-order valence-corrected chi connectivity index (χ3v) is 4.12. The van der Waals surface area contributed by atoms with Crippen molar-refractivity contribution in [3.8, 4) is 11.3 Å². The van der Waals surface area contributed by atoms with Crippen molar-refractivity contribution in [2.45, 2.75) is 6.54 Å². The van der Waals surface area contributed by atoms with Crippen molar-refractivity contribution in [1.82, 2.24) is 15.0 Å². The Labute approximate surface area is 155 Å². The Morgan fingerprint density at radius 2 is 1.81 bits per heavy atom. The van der Waals surface area contributed by atoms with Gasteiger partial charge in [-0.1, -0.05) is 42.5 Å². The van der Waals surface area contributed by atoms with Gasteiger partial charge in [0.15, 0.2) is 5.65 Å². The molecule has 4 rings (SSSR count). The zero-order valence-electron chi connectivity index (χ0n) is 14.3. The van der Waals surface area contributed by atoms with E-state index in [0.717, 1.165) is 16.8 Å². The molecule has 4 aromatic rings. The molecule has 0 aliphatic heterocycles. The van der Waals surface area contributed by atoms with Crippen LogP contribution in [-0.2, 0) is 6.54 Å². The van der Waals surface area contributed by atoms with E-state index in [1.165, 1.54) is 0 Å². The molecule has 2 aromatic heterocycles. The summed E-state index contributed by atoms with van der Waals surface area (Å²) < 4.78 is 0. The molecule has 0 saturated carbocycles. The zero-order chi connectivity index (χ0) is 18.6. The molecule has 0 bridgehead atoms. The molecule has 0 spiro atoms. The first-order valence-corrected chi connectivity index (χ1v) is 8.44. The standard InChI is InChI=1S/C21H16N4O2/c26-21(27)16-8-4-5-14(11-16)12-23-19-10-9-17-20(25-19)24-18(13-22-17)15-6-2-1-3-7-15/h1-11,13H,12H2,(H,26,27)(H,23,24,25). The lowest BCUT2D eigenvalue weighted by Crippen LogP contribution is -2.04. The average molecular weight is 356 g/mol. The van der Waals surface area contributed by atoms with Gasteiger partial charge in [-0.3, -0.25) is 4.98 Å². The number of hydrogen-bond donors (Lipinski definition) is 2. The van der Waals surface area contributed by atoms with E-state index in [-0.39, 0.29) is 5.56 Å². The maximum atomic E-state index is 11.1. The van der Waals surface area contributed by atoms with Crippen LogP contribution in [-0.4, -0.2) is 26.0 Å². The SMILES string of the molecule is O=C(O)c1cccc(CNc2ccc3ncc(-c4ccccc4)nc3n2)c1. The van der Waals surface area contributed by atoms with Gasteiger partial charge in [-0.25, -0.2) is 14.8 Å². The van der Waals surface area contributed by atoms with Gasteiger partial charge in [-0.15, -0.1) is 0 Å². The molecule has 6 nitrogen and oxygen atoms in total. The molecule has 2 N–H and O–H groups in total. The Balaban J connectivity index is 1.57. The molecule has 2 aromatic carbocycles. The fraction of sp³-hybridized carbons (Fsp3) is 0.0476. The van der Waals surface area contributed by atoms with Gasteiger partial charge >= 0.3 is 5.97 Å². The number of aromatic nitrogens is 3. The van der Waals surface area contributed by atoms with Gasteiger partial charge < -0.3 is 10.4 Å². The van der Waals surface area contributed by atoms with Crippen molar-refractivity contribution in [3.63, 3.8) is 0 Å². The van der Waals surface area contributed by atoms with Gasteiger partial charge in [0.25, 0.3) is 0 Å². The second-order valence-corrected chi connectivity index (χ2v) is 6.02. The summed E-state index contributed by atoms with van der Waals surface area (Å²) in [5.41, 5.74) is 4.15. The maximum absolute atomic E-state index is 11.1. The van der Waals surface area contributed by atoms with Crippen LogP contribution in [0.2, 0.25) is 0 Å². The Bertz CT molecular complexity index is 1110. The van der Waals surface area contributed by atoms with Crippen LogP contribution in [0.1, 0.15) is 15.9 Å². The van der Waals surface area contributed by atoms with Crippen LogP contribution in [0.15, 0.2) is 72.9 Å². The first kappa shape index (κ1) is 16.7. The number of benzene rings is 2. The number of fused-ring (bicyclic) bond motifs is 1. The fourth-order valence-electron chi connectivity index (χ4n) is 2.75. The molecule has 27 heavy (non-hydrogen) atoms. The number of nitrogens with one attached hydrogen (secondary N) is 1. The first-order chi connectivity index (χ1) is 13.2. The lowest BCUT2D eigenvalue weighted by atomic mass is 10.1. The van der Waals surface area contributed by atoms with Gasteiger partial charge in [0.05, 0.1) is 17.5 Å². The number of anilines is 1. The quantitative estimate of drug-likeness (QED) is 0.562. The number of pyridine rings is 1. The van der Waals surface area contributed by atoms with Crippen molar-refractivity contribution in [2.75, 3.05) is 5.32 Å². The Kier molecular flexibility index (Phi) is 4.45. The predicted molar refractivity (Wildman–Crippen MR) is 103 cm³/mol. The van der Waals surface area contributed by atoms with Crippen molar-refractivity contribution in [3.05, 3.63) is 84.1 Å². The monoisotopic (exact) mass is 356 g/mol. The molecule has 6 heteroatoms. The number of nitrogens with zero attached hydrogens (tertiary/aromatic N) is 3. The Morgan fingerprint density at radius 3 is 2.63 bits per heavy atom.